The molecule has 3 fully saturated rings. The fourth-order valence-corrected chi connectivity index (χ4v) is 4.62. The van der Waals surface area contributed by atoms with Crippen molar-refractivity contribution in [3.8, 4) is 5.75 Å². The summed E-state index contributed by atoms with van der Waals surface area (Å²) in [6.45, 7) is 1.05. The molecule has 1 amide bonds. The van der Waals surface area contributed by atoms with Gasteiger partial charge in [-0.3, -0.25) is 4.79 Å². The van der Waals surface area contributed by atoms with Gasteiger partial charge in [0.05, 0.1) is 13.2 Å². The van der Waals surface area contributed by atoms with Gasteiger partial charge in [0.25, 0.3) is 0 Å². The van der Waals surface area contributed by atoms with Crippen LogP contribution < -0.4 is 10.1 Å². The van der Waals surface area contributed by atoms with Crippen LogP contribution in [0.1, 0.15) is 38.5 Å². The maximum absolute atomic E-state index is 12.3. The van der Waals surface area contributed by atoms with Crippen molar-refractivity contribution >= 4 is 23.4 Å². The predicted molar refractivity (Wildman–Crippen MR) is 97.8 cm³/mol. The third-order valence-electron chi connectivity index (χ3n) is 5.48. The van der Waals surface area contributed by atoms with E-state index in [0.717, 1.165) is 32.1 Å². The van der Waals surface area contributed by atoms with Crippen molar-refractivity contribution in [1.82, 2.24) is 5.32 Å². The van der Waals surface area contributed by atoms with E-state index in [1.165, 1.54) is 0 Å². The molecule has 6 nitrogen and oxygen atoms in total. The minimum atomic E-state index is -0.839. The second kappa shape index (κ2) is 7.13. The molecule has 2 atom stereocenters. The Labute approximate surface area is 158 Å². The van der Waals surface area contributed by atoms with E-state index in [0.29, 0.717) is 25.4 Å². The minimum absolute atomic E-state index is 0.000112. The number of ether oxygens (including phenoxy) is 4. The molecule has 0 aromatic heterocycles. The number of hydrogen-bond acceptors (Lipinski definition) is 6. The fraction of sp³-hybridized carbons (Fsp3) is 0.579. The standard InChI is InChI=1S/C19H23NO5S/c21-16-9-5-10-18(20-16)15(8-4-11-19(18)22-12-13-23-19)25-17(26)24-14-6-2-1-3-7-14/h1-3,6-7,15H,4-5,8-13H2,(H,20,21)/t15-,18+/m0/s1. The number of thiocarbonyl (C=S) groups is 1. The summed E-state index contributed by atoms with van der Waals surface area (Å²) in [5.74, 6) is -0.216. The van der Waals surface area contributed by atoms with Crippen LogP contribution in [0.25, 0.3) is 0 Å². The zero-order chi connectivity index (χ0) is 18.0. The largest absolute Gasteiger partial charge is 0.451 e. The van der Waals surface area contributed by atoms with Gasteiger partial charge in [0, 0.05) is 25.1 Å². The topological polar surface area (TPSA) is 66.0 Å². The number of para-hydroxylation sites is 1. The summed E-state index contributed by atoms with van der Waals surface area (Å²) < 4.78 is 23.8. The quantitative estimate of drug-likeness (QED) is 0.800. The molecule has 1 N–H and O–H groups in total. The van der Waals surface area contributed by atoms with Crippen molar-refractivity contribution in [2.45, 2.75) is 56.0 Å². The van der Waals surface area contributed by atoms with Crippen molar-refractivity contribution in [3.63, 3.8) is 0 Å². The molecule has 7 heteroatoms. The summed E-state index contributed by atoms with van der Waals surface area (Å²) in [5, 5.41) is 3.21. The average Bonchev–Trinajstić information content (AvgIpc) is 3.10. The van der Waals surface area contributed by atoms with Gasteiger partial charge in [-0.1, -0.05) is 18.2 Å². The molecule has 140 valence electrons. The van der Waals surface area contributed by atoms with Crippen LogP contribution in [0.3, 0.4) is 0 Å². The predicted octanol–water partition coefficient (Wildman–Crippen LogP) is 2.70. The second-order valence-corrected chi connectivity index (χ2v) is 7.32. The Morgan fingerprint density at radius 3 is 2.65 bits per heavy atom. The molecule has 0 radical (unpaired) electrons. The van der Waals surface area contributed by atoms with Gasteiger partial charge >= 0.3 is 5.24 Å². The van der Waals surface area contributed by atoms with Crippen LogP contribution in [0.4, 0.5) is 0 Å². The summed E-state index contributed by atoms with van der Waals surface area (Å²) in [5.41, 5.74) is -0.735. The van der Waals surface area contributed by atoms with Gasteiger partial charge in [0.2, 0.25) is 5.91 Å². The van der Waals surface area contributed by atoms with Crippen LogP contribution in [-0.2, 0) is 19.0 Å². The highest BCUT2D eigenvalue weighted by Crippen LogP contribution is 2.48. The van der Waals surface area contributed by atoms with Gasteiger partial charge in [-0.05, 0) is 37.8 Å². The molecule has 1 saturated carbocycles. The maximum Gasteiger partial charge on any atom is 0.358 e. The molecule has 0 unspecified atom stereocenters. The first kappa shape index (κ1) is 17.7. The molecule has 2 heterocycles. The highest BCUT2D eigenvalue weighted by molar-refractivity contribution is 7.79. The van der Waals surface area contributed by atoms with Gasteiger partial charge in [-0.15, -0.1) is 0 Å². The van der Waals surface area contributed by atoms with E-state index < -0.39 is 11.3 Å². The minimum Gasteiger partial charge on any atom is -0.451 e. The van der Waals surface area contributed by atoms with Gasteiger partial charge < -0.3 is 24.3 Å². The number of nitrogens with one attached hydrogen (secondary N) is 1. The Bertz CT molecular complexity index is 676. The maximum atomic E-state index is 12.3. The number of fused-ring (bicyclic) bond motifs is 1. The van der Waals surface area contributed by atoms with Crippen molar-refractivity contribution in [2.24, 2.45) is 0 Å². The number of carbonyl (C=O) groups excluding carboxylic acids is 1. The highest BCUT2D eigenvalue weighted by Gasteiger charge is 2.64. The van der Waals surface area contributed by atoms with E-state index >= 15 is 0 Å². The SMILES string of the molecule is O=C1CCC[C@@]2(N1)[C@@H](OC(=S)Oc1ccccc1)CCCC21OCCO1. The van der Waals surface area contributed by atoms with Crippen molar-refractivity contribution < 1.29 is 23.7 Å². The summed E-state index contributed by atoms with van der Waals surface area (Å²) in [6.07, 6.45) is 4.03. The molecular weight excluding hydrogens is 354 g/mol. The summed E-state index contributed by atoms with van der Waals surface area (Å²) in [6, 6.07) is 9.29. The molecular formula is C19H23NO5S. The van der Waals surface area contributed by atoms with Crippen LogP contribution in [0.2, 0.25) is 0 Å². The lowest BCUT2D eigenvalue weighted by atomic mass is 9.69. The molecule has 0 bridgehead atoms. The number of hydrogen-bond donors (Lipinski definition) is 1. The first-order valence-electron chi connectivity index (χ1n) is 9.16. The Hall–Kier alpha value is -1.70. The fourth-order valence-electron chi connectivity index (χ4n) is 4.40. The Balaban J connectivity index is 1.57. The molecule has 2 saturated heterocycles. The van der Waals surface area contributed by atoms with E-state index in [-0.39, 0.29) is 17.2 Å². The van der Waals surface area contributed by atoms with E-state index in [1.807, 2.05) is 30.3 Å². The smallest absolute Gasteiger partial charge is 0.358 e. The van der Waals surface area contributed by atoms with Gasteiger partial charge in [-0.25, -0.2) is 0 Å². The van der Waals surface area contributed by atoms with Crippen molar-refractivity contribution in [1.29, 1.82) is 0 Å². The summed E-state index contributed by atoms with van der Waals surface area (Å²) in [7, 11) is 0. The number of carbonyl (C=O) groups is 1. The van der Waals surface area contributed by atoms with Crippen molar-refractivity contribution in [3.05, 3.63) is 30.3 Å². The van der Waals surface area contributed by atoms with E-state index in [2.05, 4.69) is 5.32 Å². The van der Waals surface area contributed by atoms with Gasteiger partial charge in [-0.2, -0.15) is 0 Å². The van der Waals surface area contributed by atoms with Gasteiger partial charge in [0.15, 0.2) is 5.79 Å². The molecule has 1 aliphatic carbocycles. The number of benzene rings is 1. The monoisotopic (exact) mass is 377 g/mol. The molecule has 26 heavy (non-hydrogen) atoms. The van der Waals surface area contributed by atoms with Crippen LogP contribution in [0.5, 0.6) is 5.75 Å². The highest BCUT2D eigenvalue weighted by atomic mass is 32.1. The lowest BCUT2D eigenvalue weighted by molar-refractivity contribution is -0.259. The molecule has 1 aromatic rings. The van der Waals surface area contributed by atoms with Crippen LogP contribution in [0.15, 0.2) is 30.3 Å². The Kier molecular flexibility index (Phi) is 4.86. The Morgan fingerprint density at radius 1 is 1.15 bits per heavy atom. The molecule has 3 aliphatic rings. The molecule has 4 rings (SSSR count). The van der Waals surface area contributed by atoms with Crippen LogP contribution in [0, 0.1) is 0 Å². The molecule has 2 spiro atoms. The number of piperidine rings is 1. The third kappa shape index (κ3) is 3.08. The first-order chi connectivity index (χ1) is 12.6. The Morgan fingerprint density at radius 2 is 1.92 bits per heavy atom. The van der Waals surface area contributed by atoms with E-state index in [9.17, 15) is 4.79 Å². The first-order valence-corrected chi connectivity index (χ1v) is 9.57. The second-order valence-electron chi connectivity index (χ2n) is 6.99. The molecule has 1 aromatic carbocycles. The summed E-state index contributed by atoms with van der Waals surface area (Å²) >= 11 is 5.32. The zero-order valence-corrected chi connectivity index (χ0v) is 15.4. The lowest BCUT2D eigenvalue weighted by Gasteiger charge is -2.54. The zero-order valence-electron chi connectivity index (χ0n) is 14.6. The third-order valence-corrected chi connectivity index (χ3v) is 5.66. The van der Waals surface area contributed by atoms with E-state index in [1.54, 1.807) is 0 Å². The number of rotatable bonds is 2. The summed E-state index contributed by atoms with van der Waals surface area (Å²) in [4.78, 5) is 12.3. The number of amides is 1. The van der Waals surface area contributed by atoms with Crippen molar-refractivity contribution in [2.75, 3.05) is 13.2 Å². The average molecular weight is 377 g/mol. The molecule has 2 aliphatic heterocycles. The van der Waals surface area contributed by atoms with E-state index in [4.69, 9.17) is 31.2 Å². The van der Waals surface area contributed by atoms with Crippen LogP contribution >= 0.6 is 12.2 Å². The van der Waals surface area contributed by atoms with Gasteiger partial charge in [0.1, 0.15) is 17.4 Å². The lowest BCUT2D eigenvalue weighted by Crippen LogP contribution is -2.74. The van der Waals surface area contributed by atoms with Crippen LogP contribution in [-0.4, -0.2) is 41.8 Å². The normalized spacial score (nSPS) is 30.2.